The number of nitro groups is 1. The van der Waals surface area contributed by atoms with Crippen LogP contribution in [0.15, 0.2) is 24.3 Å². The van der Waals surface area contributed by atoms with Gasteiger partial charge in [0.1, 0.15) is 6.17 Å². The molecule has 0 aliphatic rings. The first kappa shape index (κ1) is 18.8. The van der Waals surface area contributed by atoms with Gasteiger partial charge in [-0.1, -0.05) is 48.7 Å². The maximum atomic E-state index is 11.8. The summed E-state index contributed by atoms with van der Waals surface area (Å²) in [5.74, 6) is -0.101. The Bertz CT molecular complexity index is 530. The monoisotopic (exact) mass is 367 g/mol. The van der Waals surface area contributed by atoms with Crippen molar-refractivity contribution in [2.24, 2.45) is 5.92 Å². The smallest absolute Gasteiger partial charge is 0.269 e. The minimum absolute atomic E-state index is 0.0557. The Morgan fingerprint density at radius 1 is 1.27 bits per heavy atom. The zero-order valence-electron chi connectivity index (χ0n) is 12.0. The van der Waals surface area contributed by atoms with Crippen LogP contribution in [0.25, 0.3) is 0 Å². The summed E-state index contributed by atoms with van der Waals surface area (Å²) in [6.45, 7) is 3.79. The highest BCUT2D eigenvalue weighted by Crippen LogP contribution is 2.31. The summed E-state index contributed by atoms with van der Waals surface area (Å²) in [5.41, 5.74) is 0.423. The Hall–Kier alpha value is -1.24. The number of nitrogens with zero attached hydrogens (tertiary/aromatic N) is 1. The van der Waals surface area contributed by atoms with Crippen LogP contribution < -0.4 is 10.6 Å². The minimum atomic E-state index is -1.78. The van der Waals surface area contributed by atoms with E-state index in [1.165, 1.54) is 24.3 Å². The molecule has 1 aromatic carbocycles. The van der Waals surface area contributed by atoms with Crippen LogP contribution in [-0.2, 0) is 4.79 Å². The highest BCUT2D eigenvalue weighted by atomic mass is 35.6. The molecule has 1 atom stereocenters. The second kappa shape index (κ2) is 7.85. The molecule has 0 saturated heterocycles. The van der Waals surface area contributed by atoms with Gasteiger partial charge in [0.05, 0.1) is 4.92 Å². The molecule has 6 nitrogen and oxygen atoms in total. The minimum Gasteiger partial charge on any atom is -0.362 e. The van der Waals surface area contributed by atoms with E-state index in [-0.39, 0.29) is 17.5 Å². The van der Waals surface area contributed by atoms with Gasteiger partial charge in [-0.3, -0.25) is 14.9 Å². The lowest BCUT2D eigenvalue weighted by Crippen LogP contribution is -2.49. The Kier molecular flexibility index (Phi) is 6.71. The maximum absolute atomic E-state index is 11.8. The molecule has 0 heterocycles. The highest BCUT2D eigenvalue weighted by Gasteiger charge is 2.34. The molecular formula is C13H16Cl3N3O3. The predicted octanol–water partition coefficient (Wildman–Crippen LogP) is 3.87. The van der Waals surface area contributed by atoms with Crippen LogP contribution in [-0.4, -0.2) is 20.8 Å². The molecule has 122 valence electrons. The van der Waals surface area contributed by atoms with Crippen molar-refractivity contribution in [1.82, 2.24) is 5.32 Å². The molecule has 0 bridgehead atoms. The average molecular weight is 369 g/mol. The van der Waals surface area contributed by atoms with Crippen molar-refractivity contribution in [3.05, 3.63) is 34.4 Å². The third-order valence-electron chi connectivity index (χ3n) is 2.62. The van der Waals surface area contributed by atoms with Crippen LogP contribution in [0.4, 0.5) is 11.4 Å². The third kappa shape index (κ3) is 6.25. The van der Waals surface area contributed by atoms with E-state index in [1.807, 2.05) is 13.8 Å². The van der Waals surface area contributed by atoms with Gasteiger partial charge in [0.2, 0.25) is 9.70 Å². The number of amides is 1. The van der Waals surface area contributed by atoms with E-state index in [0.29, 0.717) is 12.1 Å². The molecule has 0 saturated carbocycles. The normalized spacial score (nSPS) is 12.8. The van der Waals surface area contributed by atoms with E-state index in [0.717, 1.165) is 0 Å². The number of non-ortho nitro benzene ring substituents is 1. The van der Waals surface area contributed by atoms with Crippen LogP contribution in [0.3, 0.4) is 0 Å². The van der Waals surface area contributed by atoms with Gasteiger partial charge in [0, 0.05) is 24.2 Å². The van der Waals surface area contributed by atoms with Crippen molar-refractivity contribution < 1.29 is 9.72 Å². The van der Waals surface area contributed by atoms with Crippen LogP contribution >= 0.6 is 34.8 Å². The summed E-state index contributed by atoms with van der Waals surface area (Å²) in [6.07, 6.45) is -0.677. The van der Waals surface area contributed by atoms with Crippen molar-refractivity contribution in [1.29, 1.82) is 0 Å². The molecule has 0 fully saturated rings. The Labute approximate surface area is 143 Å². The molecule has 9 heteroatoms. The maximum Gasteiger partial charge on any atom is 0.269 e. The molecule has 1 rings (SSSR count). The highest BCUT2D eigenvalue weighted by molar-refractivity contribution is 6.68. The summed E-state index contributed by atoms with van der Waals surface area (Å²) in [6, 6.07) is 5.56. The van der Waals surface area contributed by atoms with Crippen LogP contribution in [0.5, 0.6) is 0 Å². The van der Waals surface area contributed by atoms with E-state index in [4.69, 9.17) is 34.8 Å². The molecule has 1 amide bonds. The van der Waals surface area contributed by atoms with Gasteiger partial charge < -0.3 is 10.6 Å². The summed E-state index contributed by atoms with van der Waals surface area (Å²) >= 11 is 17.6. The van der Waals surface area contributed by atoms with Gasteiger partial charge in [-0.15, -0.1) is 0 Å². The van der Waals surface area contributed by atoms with Crippen molar-refractivity contribution in [3.63, 3.8) is 0 Å². The van der Waals surface area contributed by atoms with Crippen LogP contribution in [0.2, 0.25) is 0 Å². The fourth-order valence-electron chi connectivity index (χ4n) is 1.64. The fourth-order valence-corrected chi connectivity index (χ4v) is 1.96. The quantitative estimate of drug-likeness (QED) is 0.345. The van der Waals surface area contributed by atoms with E-state index < -0.39 is 14.9 Å². The second-order valence-electron chi connectivity index (χ2n) is 5.09. The van der Waals surface area contributed by atoms with Gasteiger partial charge in [-0.25, -0.2) is 0 Å². The third-order valence-corrected chi connectivity index (χ3v) is 3.27. The van der Waals surface area contributed by atoms with E-state index in [1.54, 1.807) is 0 Å². The Morgan fingerprint density at radius 2 is 1.82 bits per heavy atom. The average Bonchev–Trinajstić information content (AvgIpc) is 2.36. The molecular weight excluding hydrogens is 353 g/mol. The Balaban J connectivity index is 2.81. The summed E-state index contributed by atoms with van der Waals surface area (Å²) in [4.78, 5) is 21.9. The van der Waals surface area contributed by atoms with Crippen molar-refractivity contribution in [2.75, 3.05) is 5.32 Å². The van der Waals surface area contributed by atoms with Crippen LogP contribution in [0.1, 0.15) is 20.3 Å². The number of rotatable bonds is 6. The molecule has 1 aromatic rings. The van der Waals surface area contributed by atoms with Gasteiger partial charge in [-0.05, 0) is 18.1 Å². The number of hydrogen-bond donors (Lipinski definition) is 2. The second-order valence-corrected chi connectivity index (χ2v) is 7.46. The lowest BCUT2D eigenvalue weighted by Gasteiger charge is -2.27. The topological polar surface area (TPSA) is 84.3 Å². The van der Waals surface area contributed by atoms with Gasteiger partial charge in [0.15, 0.2) is 0 Å². The molecule has 0 aliphatic heterocycles. The number of benzene rings is 1. The number of nitro benzene ring substituents is 1. The number of carbonyl (C=O) groups excluding carboxylic acids is 1. The van der Waals surface area contributed by atoms with Crippen molar-refractivity contribution >= 4 is 52.1 Å². The first-order valence-corrected chi connectivity index (χ1v) is 7.60. The molecule has 0 radical (unpaired) electrons. The molecule has 0 aromatic heterocycles. The Morgan fingerprint density at radius 3 is 2.23 bits per heavy atom. The van der Waals surface area contributed by atoms with E-state index >= 15 is 0 Å². The molecule has 22 heavy (non-hydrogen) atoms. The number of alkyl halides is 3. The standard InChI is InChI=1S/C13H16Cl3N3O3/c1-8(2)7-11(20)18-12(13(14,15)16)17-9-3-5-10(6-4-9)19(21)22/h3-6,8,12,17H,7H2,1-2H3,(H,18,20)/t12-/m1/s1. The first-order chi connectivity index (χ1) is 10.1. The summed E-state index contributed by atoms with van der Waals surface area (Å²) < 4.78 is -1.78. The SMILES string of the molecule is CC(C)CC(=O)N[C@@H](Nc1ccc([N+](=O)[O-])cc1)C(Cl)(Cl)Cl. The molecule has 0 unspecified atom stereocenters. The lowest BCUT2D eigenvalue weighted by molar-refractivity contribution is -0.384. The van der Waals surface area contributed by atoms with Crippen molar-refractivity contribution in [3.8, 4) is 0 Å². The number of halogens is 3. The first-order valence-electron chi connectivity index (χ1n) is 6.46. The number of nitrogens with one attached hydrogen (secondary N) is 2. The zero-order valence-corrected chi connectivity index (χ0v) is 14.2. The fraction of sp³-hybridized carbons (Fsp3) is 0.462. The van der Waals surface area contributed by atoms with Gasteiger partial charge >= 0.3 is 0 Å². The zero-order chi connectivity index (χ0) is 16.9. The summed E-state index contributed by atoms with van der Waals surface area (Å²) in [5, 5.41) is 16.0. The predicted molar refractivity (Wildman–Crippen MR) is 88.4 cm³/mol. The van der Waals surface area contributed by atoms with E-state index in [9.17, 15) is 14.9 Å². The number of anilines is 1. The molecule has 0 aliphatic carbocycles. The summed E-state index contributed by atoms with van der Waals surface area (Å²) in [7, 11) is 0. The van der Waals surface area contributed by atoms with Gasteiger partial charge in [-0.2, -0.15) is 0 Å². The van der Waals surface area contributed by atoms with Crippen molar-refractivity contribution in [2.45, 2.75) is 30.2 Å². The van der Waals surface area contributed by atoms with Crippen LogP contribution in [0, 0.1) is 16.0 Å². The molecule has 0 spiro atoms. The number of hydrogen-bond acceptors (Lipinski definition) is 4. The lowest BCUT2D eigenvalue weighted by atomic mass is 10.1. The van der Waals surface area contributed by atoms with Gasteiger partial charge in [0.25, 0.3) is 5.69 Å². The van der Waals surface area contributed by atoms with E-state index in [2.05, 4.69) is 10.6 Å². The largest absolute Gasteiger partial charge is 0.362 e. The number of carbonyl (C=O) groups is 1. The molecule has 2 N–H and O–H groups in total.